The summed E-state index contributed by atoms with van der Waals surface area (Å²) in [6, 6.07) is 25.5. The number of hydrogen-bond acceptors (Lipinski definition) is 14. The quantitative estimate of drug-likeness (QED) is 0.0374. The molecule has 1 aliphatic heterocycles. The Hall–Kier alpha value is -6.76. The Morgan fingerprint density at radius 1 is 0.890 bits per heavy atom. The number of carbonyl (C=O) groups is 2. The predicted molar refractivity (Wildman–Crippen MR) is 313 cm³/mol. The number of anilines is 3. The van der Waals surface area contributed by atoms with Gasteiger partial charge >= 0.3 is 0 Å². The van der Waals surface area contributed by atoms with Gasteiger partial charge in [-0.3, -0.25) is 9.59 Å². The van der Waals surface area contributed by atoms with E-state index in [1.54, 1.807) is 6.20 Å². The summed E-state index contributed by atoms with van der Waals surface area (Å²) in [7, 11) is 5.42. The molecule has 17 nitrogen and oxygen atoms in total. The smallest absolute Gasteiger partial charge is 0.251 e. The molecule has 3 heterocycles. The van der Waals surface area contributed by atoms with Gasteiger partial charge in [0.2, 0.25) is 11.9 Å². The van der Waals surface area contributed by atoms with Crippen molar-refractivity contribution < 1.29 is 42.1 Å². The van der Waals surface area contributed by atoms with Crippen LogP contribution in [0.1, 0.15) is 85.8 Å². The van der Waals surface area contributed by atoms with Crippen molar-refractivity contribution in [3.05, 3.63) is 147 Å². The second-order valence-electron chi connectivity index (χ2n) is 21.9. The summed E-state index contributed by atoms with van der Waals surface area (Å²) in [6.45, 7) is 9.39. The zero-order chi connectivity index (χ0) is 58.4. The van der Waals surface area contributed by atoms with E-state index in [4.69, 9.17) is 57.0 Å². The molecule has 1 saturated carbocycles. The molecule has 8 rings (SSSR count). The standard InChI is InChI=1S/C61H72Cl2F2N10O7/c1-60(2,3)35-52-61(38-66,46-21-16-41(62)34-48(46)64)53(44-13-10-14-47(63)54(44)65)55(73-52)57(77)71-50-22-15-40(33-51(50)78-6)56(76)67-25-26-79-27-28-80-29-30-81-31-32-82-43-19-17-42(18-20-43)70-59-68-24-23-49(72-59)45-36-69-75(58(45)74(4)5)37-39-11-8-7-9-12-39/h7-16,21-24,33-34,36,42-43,52-53,55,73H,17-20,25-32,35,37H2,1-6H3,(H,67,76)(H,71,77)(H,68,70,72)/t42?,43?,52?,53-,55?,61-/m0/s1. The Labute approximate surface area is 488 Å². The summed E-state index contributed by atoms with van der Waals surface area (Å²) < 4.78 is 63.1. The van der Waals surface area contributed by atoms with Crippen molar-refractivity contribution in [1.82, 2.24) is 30.4 Å². The van der Waals surface area contributed by atoms with E-state index in [0.29, 0.717) is 58.6 Å². The Morgan fingerprint density at radius 3 is 2.29 bits per heavy atom. The molecule has 1 saturated heterocycles. The Morgan fingerprint density at radius 2 is 1.61 bits per heavy atom. The molecule has 4 N–H and O–H groups in total. The molecule has 0 radical (unpaired) electrons. The number of nitrogens with zero attached hydrogens (tertiary/aromatic N) is 6. The molecule has 4 atom stereocenters. The summed E-state index contributed by atoms with van der Waals surface area (Å²) in [5.74, 6) is -2.20. The zero-order valence-corrected chi connectivity index (χ0v) is 48.7. The Bertz CT molecular complexity index is 3150. The monoisotopic (exact) mass is 1160 g/mol. The maximum absolute atomic E-state index is 16.2. The maximum atomic E-state index is 16.2. The highest BCUT2D eigenvalue weighted by atomic mass is 35.5. The molecule has 0 bridgehead atoms. The fourth-order valence-corrected chi connectivity index (χ4v) is 11.2. The maximum Gasteiger partial charge on any atom is 0.251 e. The first-order valence-corrected chi connectivity index (χ1v) is 28.3. The number of benzene rings is 4. The van der Waals surface area contributed by atoms with Crippen LogP contribution in [0.2, 0.25) is 10.0 Å². The second kappa shape index (κ2) is 28.5. The molecule has 1 aliphatic carbocycles. The third-order valence-corrected chi connectivity index (χ3v) is 15.2. The zero-order valence-electron chi connectivity index (χ0n) is 47.2. The Kier molecular flexibility index (Phi) is 21.3. The van der Waals surface area contributed by atoms with Crippen molar-refractivity contribution in [3.63, 3.8) is 0 Å². The predicted octanol–water partition coefficient (Wildman–Crippen LogP) is 10.2. The molecule has 6 aromatic rings. The number of aromatic nitrogens is 4. The molecule has 21 heteroatoms. The summed E-state index contributed by atoms with van der Waals surface area (Å²) in [4.78, 5) is 39.2. The molecule has 0 spiro atoms. The minimum absolute atomic E-state index is 0.0405. The van der Waals surface area contributed by atoms with Gasteiger partial charge in [0, 0.05) is 61.0 Å². The minimum Gasteiger partial charge on any atom is -0.495 e. The van der Waals surface area contributed by atoms with Crippen LogP contribution in [-0.4, -0.2) is 130 Å². The van der Waals surface area contributed by atoms with Crippen LogP contribution in [0.4, 0.5) is 26.2 Å². The fourth-order valence-electron chi connectivity index (χ4n) is 10.9. The minimum atomic E-state index is -1.81. The SMILES string of the molecule is COc1cc(C(=O)NCCOCCOCCOCCOC2CCC(Nc3nccc(-c4cnn(Cc5ccccc5)c4N(C)C)n3)CC2)ccc1NC(=O)C1NC(CC(C)(C)C)[C@](C#N)(c2ccc(Cl)cc2F)[C@H]1c1cccc(Cl)c1F. The molecule has 2 unspecified atom stereocenters. The first kappa shape index (κ1) is 61.3. The van der Waals surface area contributed by atoms with E-state index in [9.17, 15) is 14.9 Å². The van der Waals surface area contributed by atoms with Crippen LogP contribution in [0.15, 0.2) is 103 Å². The van der Waals surface area contributed by atoms with Gasteiger partial charge in [0.25, 0.3) is 5.91 Å². The van der Waals surface area contributed by atoms with Gasteiger partial charge in [-0.25, -0.2) is 23.4 Å². The second-order valence-corrected chi connectivity index (χ2v) is 22.7. The first-order chi connectivity index (χ1) is 39.5. The van der Waals surface area contributed by atoms with Crippen molar-refractivity contribution in [2.24, 2.45) is 5.41 Å². The summed E-state index contributed by atoms with van der Waals surface area (Å²) in [5, 5.41) is 28.3. The summed E-state index contributed by atoms with van der Waals surface area (Å²) >= 11 is 12.5. The fraction of sp³-hybridized carbons (Fsp3) is 0.443. The van der Waals surface area contributed by atoms with E-state index in [2.05, 4.69) is 49.4 Å². The van der Waals surface area contributed by atoms with Crippen LogP contribution in [-0.2, 0) is 35.7 Å². The van der Waals surface area contributed by atoms with Crippen molar-refractivity contribution in [3.8, 4) is 23.1 Å². The van der Waals surface area contributed by atoms with Crippen LogP contribution in [0.3, 0.4) is 0 Å². The number of carbonyl (C=O) groups excluding carboxylic acids is 2. The lowest BCUT2D eigenvalue weighted by atomic mass is 9.62. The molecular formula is C61H72Cl2F2N10O7. The van der Waals surface area contributed by atoms with Gasteiger partial charge in [-0.15, -0.1) is 0 Å². The number of hydrogen-bond donors (Lipinski definition) is 4. The number of nitrogens with one attached hydrogen (secondary N) is 4. The number of nitriles is 1. The van der Waals surface area contributed by atoms with E-state index < -0.39 is 52.3 Å². The van der Waals surface area contributed by atoms with E-state index in [1.165, 1.54) is 61.2 Å². The molecule has 4 aromatic carbocycles. The van der Waals surface area contributed by atoms with Gasteiger partial charge in [0.1, 0.15) is 28.6 Å². The van der Waals surface area contributed by atoms with Gasteiger partial charge in [-0.1, -0.05) is 92.5 Å². The average molecular weight is 1170 g/mol. The highest BCUT2D eigenvalue weighted by Gasteiger charge is 2.61. The summed E-state index contributed by atoms with van der Waals surface area (Å²) in [6.07, 6.45) is 7.85. The molecule has 2 aromatic heterocycles. The van der Waals surface area contributed by atoms with Crippen molar-refractivity contribution in [1.29, 1.82) is 5.26 Å². The molecule has 82 heavy (non-hydrogen) atoms. The lowest BCUT2D eigenvalue weighted by Crippen LogP contribution is -2.45. The van der Waals surface area contributed by atoms with Crippen molar-refractivity contribution >= 4 is 52.5 Å². The highest BCUT2D eigenvalue weighted by molar-refractivity contribution is 6.31. The van der Waals surface area contributed by atoms with Crippen LogP contribution < -0.4 is 30.9 Å². The van der Waals surface area contributed by atoms with E-state index in [1.807, 2.05) is 70.0 Å². The topological polar surface area (TPSA) is 199 Å². The number of amides is 2. The Balaban J connectivity index is 0.720. The highest BCUT2D eigenvalue weighted by Crippen LogP contribution is 2.53. The van der Waals surface area contributed by atoms with Gasteiger partial charge in [-0.05, 0) is 91.1 Å². The van der Waals surface area contributed by atoms with E-state index >= 15 is 8.78 Å². The lowest BCUT2D eigenvalue weighted by Gasteiger charge is -2.37. The first-order valence-electron chi connectivity index (χ1n) is 27.5. The molecule has 2 amide bonds. The average Bonchev–Trinajstić information content (AvgIpc) is 3.60. The van der Waals surface area contributed by atoms with Gasteiger partial charge in [0.15, 0.2) is 0 Å². The lowest BCUT2D eigenvalue weighted by molar-refractivity contribution is -0.118. The number of halogens is 4. The van der Waals surface area contributed by atoms with Crippen LogP contribution in [0, 0.1) is 28.4 Å². The third kappa shape index (κ3) is 15.3. The van der Waals surface area contributed by atoms with Crippen LogP contribution >= 0.6 is 23.2 Å². The van der Waals surface area contributed by atoms with Crippen LogP contribution in [0.25, 0.3) is 11.3 Å². The number of ether oxygens (including phenoxy) is 5. The number of rotatable bonds is 26. The van der Waals surface area contributed by atoms with Crippen molar-refractivity contribution in [2.75, 3.05) is 89.5 Å². The van der Waals surface area contributed by atoms with Crippen molar-refractivity contribution in [2.45, 2.75) is 95.0 Å². The molecule has 2 aliphatic rings. The normalized spacial score (nSPS) is 19.8. The largest absolute Gasteiger partial charge is 0.495 e. The number of methoxy groups -OCH3 is 1. The van der Waals surface area contributed by atoms with Crippen LogP contribution in [0.5, 0.6) is 5.75 Å². The molecule has 436 valence electrons. The molecule has 2 fully saturated rings. The third-order valence-electron chi connectivity index (χ3n) is 14.7. The molecular weight excluding hydrogens is 1090 g/mol. The van der Waals surface area contributed by atoms with Gasteiger partial charge in [-0.2, -0.15) is 10.4 Å². The van der Waals surface area contributed by atoms with E-state index in [0.717, 1.165) is 48.8 Å². The van der Waals surface area contributed by atoms with Gasteiger partial charge < -0.3 is 49.9 Å². The van der Waals surface area contributed by atoms with E-state index in [-0.39, 0.29) is 63.5 Å². The van der Waals surface area contributed by atoms with Gasteiger partial charge in [0.05, 0.1) is 106 Å². The summed E-state index contributed by atoms with van der Waals surface area (Å²) in [5.41, 5.74) is 1.07.